The first-order valence-electron chi connectivity index (χ1n) is 20.1. The number of nitrogens with zero attached hydrogens (tertiary/aromatic N) is 2. The fraction of sp³-hybridized carbons (Fsp3) is 0.280. The van der Waals surface area contributed by atoms with Crippen molar-refractivity contribution in [1.82, 2.24) is 20.6 Å². The van der Waals surface area contributed by atoms with Crippen LogP contribution in [0.1, 0.15) is 76.7 Å². The number of aromatic nitrogens is 2. The highest BCUT2D eigenvalue weighted by molar-refractivity contribution is 5.77. The van der Waals surface area contributed by atoms with Gasteiger partial charge in [0.2, 0.25) is 0 Å². The third kappa shape index (κ3) is 6.75. The van der Waals surface area contributed by atoms with Gasteiger partial charge in [-0.05, 0) is 109 Å². The number of hydrogen-bond acceptors (Lipinski definition) is 4. The van der Waals surface area contributed by atoms with Crippen LogP contribution < -0.4 is 10.6 Å². The van der Waals surface area contributed by atoms with E-state index in [-0.39, 0.29) is 5.41 Å². The highest BCUT2D eigenvalue weighted by Crippen LogP contribution is 2.60. The summed E-state index contributed by atoms with van der Waals surface area (Å²) in [4.78, 5) is 9.45. The van der Waals surface area contributed by atoms with Crippen molar-refractivity contribution in [2.75, 3.05) is 0 Å². The van der Waals surface area contributed by atoms with Crippen molar-refractivity contribution < 1.29 is 0 Å². The van der Waals surface area contributed by atoms with Crippen LogP contribution in [0, 0.1) is 5.41 Å². The summed E-state index contributed by atoms with van der Waals surface area (Å²) in [6, 6.07) is 17.4. The first-order chi connectivity index (χ1) is 26.7. The average Bonchev–Trinajstić information content (AvgIpc) is 3.48. The molecule has 3 aromatic rings. The number of benzene rings is 2. The lowest BCUT2D eigenvalue weighted by Crippen LogP contribution is -2.48. The van der Waals surface area contributed by atoms with Crippen molar-refractivity contribution in [2.45, 2.75) is 83.2 Å². The molecular formula is C50H50N4. The molecule has 1 spiro atoms. The van der Waals surface area contributed by atoms with E-state index in [1.54, 1.807) is 22.3 Å². The molecule has 9 rings (SSSR count). The summed E-state index contributed by atoms with van der Waals surface area (Å²) in [7, 11) is 0. The predicted molar refractivity (Wildman–Crippen MR) is 225 cm³/mol. The minimum Gasteiger partial charge on any atom is -0.381 e. The standard InChI is InChI=1S/C50H50N4/c1-2-38(48-33-51-44-15-7-9-17-46(44)53-48)14-6-3-5-13-36-23-27-40-41-28-24-37(32-43(41)50(42(40)31-36)29-11-4-12-30-50)20-19-35-21-25-39(26-22-35)49-34-52-45-16-8-10-18-47(45)54-49/h2,5-10,13-22,25-26,31-34,44,46,51,53H,3-4,11-12,23-24,27-30H2,1H3/b13-5+,14-6-,20-19+,38-2+. The molecule has 2 aromatic carbocycles. The predicted octanol–water partition coefficient (Wildman–Crippen LogP) is 11.7. The molecule has 0 saturated heterocycles. The molecule has 1 saturated carbocycles. The highest BCUT2D eigenvalue weighted by Gasteiger charge is 2.46. The largest absolute Gasteiger partial charge is 0.381 e. The molecule has 54 heavy (non-hydrogen) atoms. The fourth-order valence-electron chi connectivity index (χ4n) is 9.45. The summed E-state index contributed by atoms with van der Waals surface area (Å²) in [5.41, 5.74) is 17.3. The Morgan fingerprint density at radius 1 is 0.778 bits per heavy atom. The van der Waals surface area contributed by atoms with Gasteiger partial charge in [-0.25, -0.2) is 4.98 Å². The topological polar surface area (TPSA) is 49.8 Å². The maximum absolute atomic E-state index is 4.84. The lowest BCUT2D eigenvalue weighted by atomic mass is 9.64. The van der Waals surface area contributed by atoms with Gasteiger partial charge in [0.1, 0.15) is 0 Å². The smallest absolute Gasteiger partial charge is 0.0894 e. The maximum Gasteiger partial charge on any atom is 0.0894 e. The average molecular weight is 707 g/mol. The van der Waals surface area contributed by atoms with E-state index in [4.69, 9.17) is 4.98 Å². The van der Waals surface area contributed by atoms with E-state index >= 15 is 0 Å². The molecular weight excluding hydrogens is 657 g/mol. The molecule has 4 heteroatoms. The molecule has 6 aliphatic rings. The summed E-state index contributed by atoms with van der Waals surface area (Å²) < 4.78 is 0. The van der Waals surface area contributed by atoms with Gasteiger partial charge in [-0.15, -0.1) is 0 Å². The Morgan fingerprint density at radius 3 is 2.26 bits per heavy atom. The minimum atomic E-state index is 0.197. The molecule has 2 heterocycles. The Kier molecular flexibility index (Phi) is 9.59. The fourth-order valence-corrected chi connectivity index (χ4v) is 9.45. The van der Waals surface area contributed by atoms with E-state index in [1.807, 2.05) is 30.5 Å². The highest BCUT2D eigenvalue weighted by atomic mass is 15.1. The first-order valence-corrected chi connectivity index (χ1v) is 20.1. The van der Waals surface area contributed by atoms with Crippen LogP contribution >= 0.6 is 0 Å². The van der Waals surface area contributed by atoms with Crippen LogP contribution in [0.3, 0.4) is 0 Å². The molecule has 1 fully saturated rings. The van der Waals surface area contributed by atoms with Crippen molar-refractivity contribution >= 4 is 17.1 Å². The van der Waals surface area contributed by atoms with Gasteiger partial charge in [-0.1, -0.05) is 135 Å². The molecule has 4 nitrogen and oxygen atoms in total. The lowest BCUT2D eigenvalue weighted by Gasteiger charge is -2.39. The van der Waals surface area contributed by atoms with Gasteiger partial charge in [-0.2, -0.15) is 0 Å². The van der Waals surface area contributed by atoms with Crippen molar-refractivity contribution in [1.29, 1.82) is 0 Å². The second-order valence-electron chi connectivity index (χ2n) is 15.5. The van der Waals surface area contributed by atoms with Crippen LogP contribution in [0.2, 0.25) is 0 Å². The molecule has 1 aromatic heterocycles. The Balaban J connectivity index is 0.878. The lowest BCUT2D eigenvalue weighted by molar-refractivity contribution is 0.302. The first kappa shape index (κ1) is 34.3. The molecule has 2 N–H and O–H groups in total. The number of fused-ring (bicyclic) bond motifs is 5. The summed E-state index contributed by atoms with van der Waals surface area (Å²) in [5, 5.41) is 7.23. The Labute approximate surface area is 320 Å². The molecule has 0 amide bonds. The van der Waals surface area contributed by atoms with E-state index in [0.717, 1.165) is 53.7 Å². The summed E-state index contributed by atoms with van der Waals surface area (Å²) in [6.45, 7) is 2.12. The summed E-state index contributed by atoms with van der Waals surface area (Å²) in [5.74, 6) is 0. The third-order valence-electron chi connectivity index (χ3n) is 12.3. The normalized spacial score (nSPS) is 23.4. The molecule has 2 atom stereocenters. The van der Waals surface area contributed by atoms with Crippen LogP contribution in [-0.4, -0.2) is 22.1 Å². The van der Waals surface area contributed by atoms with E-state index in [1.165, 1.54) is 60.8 Å². The number of para-hydroxylation sites is 2. The van der Waals surface area contributed by atoms with Gasteiger partial charge in [0, 0.05) is 17.2 Å². The molecule has 2 unspecified atom stereocenters. The van der Waals surface area contributed by atoms with Gasteiger partial charge in [0.05, 0.1) is 40.7 Å². The van der Waals surface area contributed by atoms with Crippen LogP contribution in [0.4, 0.5) is 0 Å². The quantitative estimate of drug-likeness (QED) is 0.229. The van der Waals surface area contributed by atoms with Crippen LogP contribution in [-0.2, 0) is 0 Å². The molecule has 270 valence electrons. The van der Waals surface area contributed by atoms with E-state index in [9.17, 15) is 0 Å². The Hall–Kier alpha value is -5.48. The van der Waals surface area contributed by atoms with Gasteiger partial charge >= 0.3 is 0 Å². The van der Waals surface area contributed by atoms with Crippen molar-refractivity contribution in [2.24, 2.45) is 5.41 Å². The SMILES string of the molecule is C/C=C(\C=C/C/C=C/C1=CC2=C(CC1)C1=C(C=C(/C=C/c3ccc(-c4cnc5ccccc5n4)cc3)CC1)C21CCCCC1)C1=CNC2C=CC=CC2N1. The number of nitrogens with one attached hydrogen (secondary N) is 2. The maximum atomic E-state index is 4.84. The summed E-state index contributed by atoms with van der Waals surface area (Å²) in [6.07, 6.45) is 46.1. The van der Waals surface area contributed by atoms with Gasteiger partial charge < -0.3 is 10.6 Å². The minimum absolute atomic E-state index is 0.197. The van der Waals surface area contributed by atoms with Gasteiger partial charge in [0.25, 0.3) is 0 Å². The van der Waals surface area contributed by atoms with E-state index in [2.05, 4.69) is 132 Å². The van der Waals surface area contributed by atoms with E-state index < -0.39 is 0 Å². The van der Waals surface area contributed by atoms with Crippen molar-refractivity contribution in [3.63, 3.8) is 0 Å². The van der Waals surface area contributed by atoms with E-state index in [0.29, 0.717) is 12.1 Å². The third-order valence-corrected chi connectivity index (χ3v) is 12.3. The molecule has 1 aliphatic heterocycles. The number of rotatable bonds is 8. The zero-order valence-electron chi connectivity index (χ0n) is 31.4. The second-order valence-corrected chi connectivity index (χ2v) is 15.5. The van der Waals surface area contributed by atoms with Crippen LogP contribution in [0.15, 0.2) is 179 Å². The van der Waals surface area contributed by atoms with Crippen LogP contribution in [0.25, 0.3) is 28.4 Å². The zero-order chi connectivity index (χ0) is 36.3. The molecule has 0 radical (unpaired) electrons. The Morgan fingerprint density at radius 2 is 1.50 bits per heavy atom. The Bertz CT molecular complexity index is 2290. The molecule has 5 aliphatic carbocycles. The summed E-state index contributed by atoms with van der Waals surface area (Å²) >= 11 is 0. The monoisotopic (exact) mass is 706 g/mol. The second kappa shape index (κ2) is 15.1. The van der Waals surface area contributed by atoms with Gasteiger partial charge in [-0.3, -0.25) is 4.98 Å². The number of hydrogen-bond donors (Lipinski definition) is 2. The zero-order valence-corrected chi connectivity index (χ0v) is 31.4. The van der Waals surface area contributed by atoms with Gasteiger partial charge in [0.15, 0.2) is 0 Å². The number of allylic oxidation sites excluding steroid dienone is 16. The molecule has 0 bridgehead atoms. The van der Waals surface area contributed by atoms with Crippen molar-refractivity contribution in [3.8, 4) is 11.3 Å². The van der Waals surface area contributed by atoms with Crippen molar-refractivity contribution in [3.05, 3.63) is 184 Å². The van der Waals surface area contributed by atoms with Crippen LogP contribution in [0.5, 0.6) is 0 Å².